The van der Waals surface area contributed by atoms with Crippen LogP contribution in [0.2, 0.25) is 0 Å². The molecule has 0 saturated carbocycles. The summed E-state index contributed by atoms with van der Waals surface area (Å²) in [4.78, 5) is 28.6. The van der Waals surface area contributed by atoms with Crippen molar-refractivity contribution in [2.45, 2.75) is 31.8 Å². The number of nitrogens with zero attached hydrogens (tertiary/aromatic N) is 1. The lowest BCUT2D eigenvalue weighted by Crippen LogP contribution is -2.48. The molecule has 1 aliphatic heterocycles. The van der Waals surface area contributed by atoms with E-state index in [9.17, 15) is 9.59 Å². The molecule has 1 N–H and O–H groups in total. The second kappa shape index (κ2) is 10.4. The second-order valence-electron chi connectivity index (χ2n) is 8.43. The summed E-state index contributed by atoms with van der Waals surface area (Å²) in [6.45, 7) is 1.97. The van der Waals surface area contributed by atoms with Crippen LogP contribution in [0.3, 0.4) is 0 Å². The molecule has 1 aliphatic rings. The van der Waals surface area contributed by atoms with Crippen molar-refractivity contribution >= 4 is 17.5 Å². The molecule has 0 aliphatic carbocycles. The van der Waals surface area contributed by atoms with Crippen molar-refractivity contribution in [3.05, 3.63) is 90.0 Å². The second-order valence-corrected chi connectivity index (χ2v) is 8.43. The highest BCUT2D eigenvalue weighted by Gasteiger charge is 2.42. The Hall–Kier alpha value is -3.80. The maximum Gasteiger partial charge on any atom is 0.227 e. The van der Waals surface area contributed by atoms with Crippen LogP contribution in [-0.4, -0.2) is 26.0 Å². The number of ether oxygens (including phenoxy) is 2. The number of piperidine rings is 1. The highest BCUT2D eigenvalue weighted by molar-refractivity contribution is 5.97. The van der Waals surface area contributed by atoms with Gasteiger partial charge in [-0.15, -0.1) is 0 Å². The fraction of sp³-hybridized carbons (Fsp3) is 0.286. The first kappa shape index (κ1) is 23.4. The standard InChI is InChI=1S/C28H30N2O4/c1-19(20-9-5-4-6-10-20)29-28(32)24-17-18-26(31)30(21-13-15-22(33-2)16-14-21)27(24)23-11-7-8-12-25(23)34-3/h4-16,19,24,27H,17-18H2,1-3H3,(H,29,32)/t19-,24-,27-/m0/s1. The largest absolute Gasteiger partial charge is 0.497 e. The summed E-state index contributed by atoms with van der Waals surface area (Å²) in [5.41, 5.74) is 2.56. The molecule has 1 heterocycles. The van der Waals surface area contributed by atoms with Gasteiger partial charge >= 0.3 is 0 Å². The zero-order valence-electron chi connectivity index (χ0n) is 19.7. The van der Waals surface area contributed by atoms with Crippen LogP contribution in [0, 0.1) is 5.92 Å². The molecule has 6 heteroatoms. The van der Waals surface area contributed by atoms with Gasteiger partial charge in [0.2, 0.25) is 11.8 Å². The van der Waals surface area contributed by atoms with Gasteiger partial charge in [-0.1, -0.05) is 48.5 Å². The van der Waals surface area contributed by atoms with Crippen LogP contribution in [0.15, 0.2) is 78.9 Å². The van der Waals surface area contributed by atoms with Crippen molar-refractivity contribution in [3.8, 4) is 11.5 Å². The smallest absolute Gasteiger partial charge is 0.227 e. The van der Waals surface area contributed by atoms with Gasteiger partial charge < -0.3 is 19.7 Å². The van der Waals surface area contributed by atoms with E-state index >= 15 is 0 Å². The van der Waals surface area contributed by atoms with Gasteiger partial charge in [0.15, 0.2) is 0 Å². The number of hydrogen-bond donors (Lipinski definition) is 1. The molecule has 0 spiro atoms. The SMILES string of the molecule is COc1ccc(N2C(=O)CC[C@H](C(=O)N[C@@H](C)c3ccccc3)[C@@H]2c2ccccc2OC)cc1. The van der Waals surface area contributed by atoms with Crippen LogP contribution in [-0.2, 0) is 9.59 Å². The normalized spacial score (nSPS) is 18.8. The molecule has 0 bridgehead atoms. The lowest BCUT2D eigenvalue weighted by molar-refractivity contribution is -0.129. The summed E-state index contributed by atoms with van der Waals surface area (Å²) in [6.07, 6.45) is 0.747. The number of rotatable bonds is 7. The van der Waals surface area contributed by atoms with E-state index in [0.29, 0.717) is 17.9 Å². The Bertz CT molecular complexity index is 1130. The van der Waals surface area contributed by atoms with Gasteiger partial charge in [0.05, 0.1) is 32.2 Å². The molecule has 34 heavy (non-hydrogen) atoms. The quantitative estimate of drug-likeness (QED) is 0.537. The molecule has 3 aromatic rings. The highest BCUT2D eigenvalue weighted by atomic mass is 16.5. The van der Waals surface area contributed by atoms with Crippen LogP contribution in [0.4, 0.5) is 5.69 Å². The fourth-order valence-corrected chi connectivity index (χ4v) is 4.63. The number of benzene rings is 3. The van der Waals surface area contributed by atoms with Crippen LogP contribution < -0.4 is 19.7 Å². The molecule has 4 rings (SSSR count). The molecule has 1 saturated heterocycles. The van der Waals surface area contributed by atoms with Gasteiger partial charge in [-0.05, 0) is 49.2 Å². The molecule has 2 amide bonds. The van der Waals surface area contributed by atoms with E-state index in [1.54, 1.807) is 19.1 Å². The van der Waals surface area contributed by atoms with Gasteiger partial charge in [0.25, 0.3) is 0 Å². The van der Waals surface area contributed by atoms with Crippen molar-refractivity contribution in [3.63, 3.8) is 0 Å². The zero-order valence-corrected chi connectivity index (χ0v) is 19.7. The van der Waals surface area contributed by atoms with E-state index in [4.69, 9.17) is 9.47 Å². The Labute approximate surface area is 200 Å². The Morgan fingerprint density at radius 1 is 0.941 bits per heavy atom. The van der Waals surface area contributed by atoms with E-state index in [0.717, 1.165) is 16.8 Å². The van der Waals surface area contributed by atoms with E-state index in [2.05, 4.69) is 5.32 Å². The monoisotopic (exact) mass is 458 g/mol. The van der Waals surface area contributed by atoms with E-state index in [1.165, 1.54) is 0 Å². The van der Waals surface area contributed by atoms with E-state index in [1.807, 2.05) is 85.8 Å². The summed E-state index contributed by atoms with van der Waals surface area (Å²) in [5.74, 6) is 0.796. The molecule has 1 fully saturated rings. The fourth-order valence-electron chi connectivity index (χ4n) is 4.63. The maximum atomic E-state index is 13.6. The molecule has 176 valence electrons. The topological polar surface area (TPSA) is 67.9 Å². The number of methoxy groups -OCH3 is 2. The first-order chi connectivity index (χ1) is 16.5. The molecule has 6 nitrogen and oxygen atoms in total. The van der Waals surface area contributed by atoms with Crippen molar-refractivity contribution in [1.82, 2.24) is 5.32 Å². The first-order valence-corrected chi connectivity index (χ1v) is 11.5. The van der Waals surface area contributed by atoms with E-state index in [-0.39, 0.29) is 24.3 Å². The number of amides is 2. The average molecular weight is 459 g/mol. The first-order valence-electron chi connectivity index (χ1n) is 11.5. The predicted molar refractivity (Wildman–Crippen MR) is 132 cm³/mol. The number of anilines is 1. The minimum Gasteiger partial charge on any atom is -0.497 e. The predicted octanol–water partition coefficient (Wildman–Crippen LogP) is 5.07. The third-order valence-electron chi connectivity index (χ3n) is 6.40. The third kappa shape index (κ3) is 4.76. The van der Waals surface area contributed by atoms with Gasteiger partial charge in [-0.3, -0.25) is 9.59 Å². The molecular weight excluding hydrogens is 428 g/mol. The van der Waals surface area contributed by atoms with E-state index < -0.39 is 12.0 Å². The third-order valence-corrected chi connectivity index (χ3v) is 6.40. The molecule has 3 aromatic carbocycles. The van der Waals surface area contributed by atoms with Gasteiger partial charge in [-0.2, -0.15) is 0 Å². The van der Waals surface area contributed by atoms with Gasteiger partial charge in [-0.25, -0.2) is 0 Å². The summed E-state index contributed by atoms with van der Waals surface area (Å²) in [6, 6.07) is 24.1. The van der Waals surface area contributed by atoms with Crippen LogP contribution in [0.1, 0.15) is 43.0 Å². The lowest BCUT2D eigenvalue weighted by Gasteiger charge is -2.41. The van der Waals surface area contributed by atoms with Crippen molar-refractivity contribution in [1.29, 1.82) is 0 Å². The molecule has 0 radical (unpaired) electrons. The molecule has 0 unspecified atom stereocenters. The Morgan fingerprint density at radius 3 is 2.29 bits per heavy atom. The average Bonchev–Trinajstić information content (AvgIpc) is 2.89. The summed E-state index contributed by atoms with van der Waals surface area (Å²) < 4.78 is 10.9. The number of nitrogens with one attached hydrogen (secondary N) is 1. The van der Waals surface area contributed by atoms with Crippen LogP contribution in [0.25, 0.3) is 0 Å². The Morgan fingerprint density at radius 2 is 1.62 bits per heavy atom. The number of hydrogen-bond acceptors (Lipinski definition) is 4. The van der Waals surface area contributed by atoms with Crippen molar-refractivity contribution < 1.29 is 19.1 Å². The Balaban J connectivity index is 1.73. The lowest BCUT2D eigenvalue weighted by atomic mass is 9.82. The van der Waals surface area contributed by atoms with Crippen molar-refractivity contribution in [2.24, 2.45) is 5.92 Å². The maximum absolute atomic E-state index is 13.6. The summed E-state index contributed by atoms with van der Waals surface area (Å²) in [5, 5.41) is 3.17. The minimum atomic E-state index is -0.506. The van der Waals surface area contributed by atoms with Crippen LogP contribution >= 0.6 is 0 Å². The summed E-state index contributed by atoms with van der Waals surface area (Å²) >= 11 is 0. The zero-order chi connectivity index (χ0) is 24.1. The van der Waals surface area contributed by atoms with Gasteiger partial charge in [0.1, 0.15) is 11.5 Å². The Kier molecular flexibility index (Phi) is 7.16. The molecule has 3 atom stereocenters. The number of carbonyl (C=O) groups is 2. The van der Waals surface area contributed by atoms with Crippen LogP contribution in [0.5, 0.6) is 11.5 Å². The number of carbonyl (C=O) groups excluding carboxylic acids is 2. The van der Waals surface area contributed by atoms with Crippen molar-refractivity contribution in [2.75, 3.05) is 19.1 Å². The number of para-hydroxylation sites is 1. The summed E-state index contributed by atoms with van der Waals surface area (Å²) in [7, 11) is 3.21. The highest BCUT2D eigenvalue weighted by Crippen LogP contribution is 2.43. The van der Waals surface area contributed by atoms with Gasteiger partial charge in [0, 0.05) is 17.7 Å². The molecular formula is C28H30N2O4. The molecule has 0 aromatic heterocycles. The minimum absolute atomic E-state index is 0.0266.